The standard InChI is InChI=1S/C14H14N2O/c17-9-11-8-15-14(16-11)13-7-3-5-10-4-1-2-6-12(10)13/h1-2,4,6,8-9,13H,3,5,7H2,(H,15,16). The lowest BCUT2D eigenvalue weighted by Crippen LogP contribution is -2.12. The van der Waals surface area contributed by atoms with Crippen LogP contribution in [-0.4, -0.2) is 16.3 Å². The number of aryl methyl sites for hydroxylation is 1. The van der Waals surface area contributed by atoms with E-state index in [-0.39, 0.29) is 0 Å². The summed E-state index contributed by atoms with van der Waals surface area (Å²) >= 11 is 0. The minimum Gasteiger partial charge on any atom is -0.339 e. The van der Waals surface area contributed by atoms with Gasteiger partial charge in [0.2, 0.25) is 0 Å². The molecule has 3 heteroatoms. The number of nitrogens with zero attached hydrogens (tertiary/aromatic N) is 1. The number of imidazole rings is 1. The highest BCUT2D eigenvalue weighted by Gasteiger charge is 2.23. The van der Waals surface area contributed by atoms with Gasteiger partial charge in [-0.25, -0.2) is 4.98 Å². The van der Waals surface area contributed by atoms with Gasteiger partial charge in [-0.2, -0.15) is 0 Å². The van der Waals surface area contributed by atoms with Gasteiger partial charge in [-0.3, -0.25) is 4.79 Å². The van der Waals surface area contributed by atoms with Crippen molar-refractivity contribution in [1.29, 1.82) is 0 Å². The minimum absolute atomic E-state index is 0.314. The third-order valence-corrected chi connectivity index (χ3v) is 3.44. The first-order valence-corrected chi connectivity index (χ1v) is 5.96. The van der Waals surface area contributed by atoms with E-state index >= 15 is 0 Å². The Morgan fingerprint density at radius 3 is 3.06 bits per heavy atom. The average Bonchev–Trinajstić information content (AvgIpc) is 2.87. The number of hydrogen-bond acceptors (Lipinski definition) is 2. The molecule has 1 N–H and O–H groups in total. The molecule has 1 aliphatic carbocycles. The number of aromatic amines is 1. The summed E-state index contributed by atoms with van der Waals surface area (Å²) < 4.78 is 0. The molecule has 0 saturated heterocycles. The SMILES string of the molecule is O=Cc1cnc(C2CCCc3ccccc32)[nH]1. The smallest absolute Gasteiger partial charge is 0.167 e. The summed E-state index contributed by atoms with van der Waals surface area (Å²) in [5.74, 6) is 1.23. The van der Waals surface area contributed by atoms with Crippen molar-refractivity contribution in [3.63, 3.8) is 0 Å². The number of H-pyrrole nitrogens is 1. The van der Waals surface area contributed by atoms with E-state index in [0.717, 1.165) is 25.0 Å². The molecule has 1 atom stereocenters. The molecule has 86 valence electrons. The van der Waals surface area contributed by atoms with Gasteiger partial charge in [-0.15, -0.1) is 0 Å². The van der Waals surface area contributed by atoms with Gasteiger partial charge in [-0.1, -0.05) is 24.3 Å². The molecule has 2 aromatic rings. The second-order valence-electron chi connectivity index (χ2n) is 4.49. The second kappa shape index (κ2) is 4.17. The summed E-state index contributed by atoms with van der Waals surface area (Å²) in [5.41, 5.74) is 3.32. The van der Waals surface area contributed by atoms with E-state index in [1.807, 2.05) is 0 Å². The Labute approximate surface area is 99.9 Å². The van der Waals surface area contributed by atoms with E-state index in [0.29, 0.717) is 11.6 Å². The second-order valence-corrected chi connectivity index (χ2v) is 4.49. The zero-order chi connectivity index (χ0) is 11.7. The number of fused-ring (bicyclic) bond motifs is 1. The maximum Gasteiger partial charge on any atom is 0.167 e. The zero-order valence-corrected chi connectivity index (χ0v) is 9.52. The molecule has 0 saturated carbocycles. The lowest BCUT2D eigenvalue weighted by molar-refractivity contribution is 0.111. The minimum atomic E-state index is 0.314. The van der Waals surface area contributed by atoms with E-state index in [2.05, 4.69) is 34.2 Å². The number of rotatable bonds is 2. The summed E-state index contributed by atoms with van der Waals surface area (Å²) in [5, 5.41) is 0. The molecule has 17 heavy (non-hydrogen) atoms. The van der Waals surface area contributed by atoms with Crippen molar-refractivity contribution in [3.8, 4) is 0 Å². The summed E-state index contributed by atoms with van der Waals surface area (Å²) in [4.78, 5) is 18.1. The Kier molecular flexibility index (Phi) is 2.52. The topological polar surface area (TPSA) is 45.8 Å². The fourth-order valence-corrected chi connectivity index (χ4v) is 2.63. The van der Waals surface area contributed by atoms with E-state index in [1.54, 1.807) is 6.20 Å². The highest BCUT2D eigenvalue weighted by atomic mass is 16.1. The van der Waals surface area contributed by atoms with E-state index in [4.69, 9.17) is 0 Å². The van der Waals surface area contributed by atoms with Gasteiger partial charge in [-0.05, 0) is 30.4 Å². The number of aromatic nitrogens is 2. The van der Waals surface area contributed by atoms with E-state index in [9.17, 15) is 4.79 Å². The van der Waals surface area contributed by atoms with Gasteiger partial charge in [0.25, 0.3) is 0 Å². The van der Waals surface area contributed by atoms with Crippen LogP contribution in [0.1, 0.15) is 46.2 Å². The normalized spacial score (nSPS) is 18.7. The Balaban J connectivity index is 2.02. The molecule has 0 aliphatic heterocycles. The number of nitrogens with one attached hydrogen (secondary N) is 1. The van der Waals surface area contributed by atoms with Crippen LogP contribution < -0.4 is 0 Å². The molecule has 3 nitrogen and oxygen atoms in total. The van der Waals surface area contributed by atoms with Gasteiger partial charge in [0.1, 0.15) is 5.82 Å². The van der Waals surface area contributed by atoms with Gasteiger partial charge < -0.3 is 4.98 Å². The molecule has 0 fully saturated rings. The largest absolute Gasteiger partial charge is 0.339 e. The Morgan fingerprint density at radius 1 is 1.35 bits per heavy atom. The Morgan fingerprint density at radius 2 is 2.24 bits per heavy atom. The molecule has 1 aliphatic rings. The van der Waals surface area contributed by atoms with Gasteiger partial charge in [0, 0.05) is 5.92 Å². The molecule has 1 aromatic carbocycles. The summed E-state index contributed by atoms with van der Waals surface area (Å²) in [6.07, 6.45) is 5.85. The van der Waals surface area contributed by atoms with Crippen LogP contribution in [-0.2, 0) is 6.42 Å². The fourth-order valence-electron chi connectivity index (χ4n) is 2.63. The predicted molar refractivity (Wildman–Crippen MR) is 65.2 cm³/mol. The highest BCUT2D eigenvalue weighted by Crippen LogP contribution is 2.34. The first-order chi connectivity index (χ1) is 8.38. The maximum atomic E-state index is 10.7. The van der Waals surface area contributed by atoms with Crippen LogP contribution in [0.25, 0.3) is 0 Å². The molecular weight excluding hydrogens is 212 g/mol. The van der Waals surface area contributed by atoms with Crippen LogP contribution in [0, 0.1) is 0 Å². The first kappa shape index (κ1) is 10.3. The lowest BCUT2D eigenvalue weighted by Gasteiger charge is -2.23. The van der Waals surface area contributed by atoms with Crippen LogP contribution in [0.4, 0.5) is 0 Å². The number of hydrogen-bond donors (Lipinski definition) is 1. The number of aldehydes is 1. The summed E-state index contributed by atoms with van der Waals surface area (Å²) in [7, 11) is 0. The molecule has 0 spiro atoms. The highest BCUT2D eigenvalue weighted by molar-refractivity contribution is 5.71. The van der Waals surface area contributed by atoms with E-state index in [1.165, 1.54) is 17.5 Å². The van der Waals surface area contributed by atoms with Crippen LogP contribution in [0.2, 0.25) is 0 Å². The fraction of sp³-hybridized carbons (Fsp3) is 0.286. The number of carbonyl (C=O) groups is 1. The van der Waals surface area contributed by atoms with Crippen molar-refractivity contribution in [2.45, 2.75) is 25.2 Å². The number of carbonyl (C=O) groups excluding carboxylic acids is 1. The van der Waals surface area contributed by atoms with Gasteiger partial charge in [0.05, 0.1) is 11.9 Å². The average molecular weight is 226 g/mol. The molecular formula is C14H14N2O. The van der Waals surface area contributed by atoms with Gasteiger partial charge >= 0.3 is 0 Å². The van der Waals surface area contributed by atoms with Crippen molar-refractivity contribution in [1.82, 2.24) is 9.97 Å². The van der Waals surface area contributed by atoms with Crippen molar-refractivity contribution in [2.24, 2.45) is 0 Å². The monoisotopic (exact) mass is 226 g/mol. The molecule has 1 aromatic heterocycles. The van der Waals surface area contributed by atoms with Crippen molar-refractivity contribution in [2.75, 3.05) is 0 Å². The predicted octanol–water partition coefficient (Wildman–Crippen LogP) is 2.69. The van der Waals surface area contributed by atoms with Crippen LogP contribution in [0.5, 0.6) is 0 Å². The number of benzene rings is 1. The molecule has 0 bridgehead atoms. The third-order valence-electron chi connectivity index (χ3n) is 3.44. The third kappa shape index (κ3) is 1.78. The van der Waals surface area contributed by atoms with Crippen molar-refractivity contribution >= 4 is 6.29 Å². The summed E-state index contributed by atoms with van der Waals surface area (Å²) in [6.45, 7) is 0. The molecule has 1 heterocycles. The van der Waals surface area contributed by atoms with Crippen LogP contribution in [0.3, 0.4) is 0 Å². The summed E-state index contributed by atoms with van der Waals surface area (Å²) in [6, 6.07) is 8.51. The van der Waals surface area contributed by atoms with Crippen LogP contribution >= 0.6 is 0 Å². The first-order valence-electron chi connectivity index (χ1n) is 5.96. The Hall–Kier alpha value is -1.90. The van der Waals surface area contributed by atoms with Crippen molar-refractivity contribution in [3.05, 3.63) is 53.1 Å². The van der Waals surface area contributed by atoms with E-state index < -0.39 is 0 Å². The van der Waals surface area contributed by atoms with Crippen molar-refractivity contribution < 1.29 is 4.79 Å². The zero-order valence-electron chi connectivity index (χ0n) is 9.52. The lowest BCUT2D eigenvalue weighted by atomic mass is 9.82. The quantitative estimate of drug-likeness (QED) is 0.800. The molecule has 1 unspecified atom stereocenters. The molecule has 3 rings (SSSR count). The van der Waals surface area contributed by atoms with Gasteiger partial charge in [0.15, 0.2) is 6.29 Å². The molecule has 0 radical (unpaired) electrons. The van der Waals surface area contributed by atoms with Crippen LogP contribution in [0.15, 0.2) is 30.5 Å². The Bertz CT molecular complexity index is 545. The maximum absolute atomic E-state index is 10.7. The molecule has 0 amide bonds.